The molecule has 0 aromatic carbocycles. The topological polar surface area (TPSA) is 46.2 Å². The monoisotopic (exact) mass is 281 g/mol. The van der Waals surface area contributed by atoms with Gasteiger partial charge in [0.15, 0.2) is 9.84 Å². The fraction of sp³-hybridized carbons (Fsp3) is 1.00. The molecule has 1 fully saturated rings. The number of halogens is 1. The van der Waals surface area contributed by atoms with Gasteiger partial charge in [0.25, 0.3) is 0 Å². The lowest BCUT2D eigenvalue weighted by molar-refractivity contribution is 0.288. The third kappa shape index (κ3) is 5.58. The van der Waals surface area contributed by atoms with E-state index in [1.165, 1.54) is 19.3 Å². The molecule has 1 aliphatic carbocycles. The van der Waals surface area contributed by atoms with Gasteiger partial charge in [0, 0.05) is 24.2 Å². The summed E-state index contributed by atoms with van der Waals surface area (Å²) in [6, 6.07) is 0.415. The molecule has 1 aliphatic rings. The summed E-state index contributed by atoms with van der Waals surface area (Å²) in [6.45, 7) is 2.47. The number of alkyl halides is 1. The Morgan fingerprint density at radius 1 is 1.24 bits per heavy atom. The van der Waals surface area contributed by atoms with Gasteiger partial charge in [-0.15, -0.1) is 11.6 Å². The second kappa shape index (κ2) is 7.59. The number of hydrogen-bond acceptors (Lipinski definition) is 3. The molecule has 1 saturated carbocycles. The van der Waals surface area contributed by atoms with Crippen LogP contribution in [0, 0.1) is 5.92 Å². The van der Waals surface area contributed by atoms with Gasteiger partial charge in [0.1, 0.15) is 0 Å². The zero-order chi connectivity index (χ0) is 12.7. The molecule has 0 saturated heterocycles. The molecule has 2 unspecified atom stereocenters. The molecular weight excluding hydrogens is 258 g/mol. The van der Waals surface area contributed by atoms with Crippen LogP contribution in [0.2, 0.25) is 0 Å². The van der Waals surface area contributed by atoms with E-state index in [2.05, 4.69) is 5.32 Å². The van der Waals surface area contributed by atoms with Gasteiger partial charge in [0.2, 0.25) is 0 Å². The number of rotatable bonds is 7. The summed E-state index contributed by atoms with van der Waals surface area (Å²) in [5.74, 6) is 1.75. The lowest BCUT2D eigenvalue weighted by Gasteiger charge is -2.31. The van der Waals surface area contributed by atoms with Gasteiger partial charge < -0.3 is 5.32 Å². The summed E-state index contributed by atoms with van der Waals surface area (Å²) >= 11 is 5.94. The Balaban J connectivity index is 2.29. The molecule has 0 radical (unpaired) electrons. The molecule has 102 valence electrons. The van der Waals surface area contributed by atoms with Crippen molar-refractivity contribution < 1.29 is 8.42 Å². The number of sulfone groups is 1. The van der Waals surface area contributed by atoms with E-state index in [1.807, 2.05) is 6.92 Å². The van der Waals surface area contributed by atoms with E-state index in [-0.39, 0.29) is 5.75 Å². The maximum atomic E-state index is 11.6. The van der Waals surface area contributed by atoms with Crippen LogP contribution in [0.5, 0.6) is 0 Å². The molecule has 1 N–H and O–H groups in total. The third-order valence-corrected chi connectivity index (χ3v) is 5.69. The predicted molar refractivity (Wildman–Crippen MR) is 73.4 cm³/mol. The summed E-state index contributed by atoms with van der Waals surface area (Å²) in [4.78, 5) is 0. The molecule has 17 heavy (non-hydrogen) atoms. The standard InChI is InChI=1S/C12H24ClNO2S/c1-2-8-17(15,16)9-7-14-12-6-4-3-5-11(12)10-13/h11-12,14H,2-10H2,1H3. The summed E-state index contributed by atoms with van der Waals surface area (Å²) in [5, 5.41) is 3.37. The van der Waals surface area contributed by atoms with Crippen molar-refractivity contribution in [2.24, 2.45) is 5.92 Å². The van der Waals surface area contributed by atoms with Crippen LogP contribution in [0.3, 0.4) is 0 Å². The summed E-state index contributed by atoms with van der Waals surface area (Å²) in [7, 11) is -2.85. The highest BCUT2D eigenvalue weighted by Gasteiger charge is 2.24. The second-order valence-electron chi connectivity index (χ2n) is 4.91. The van der Waals surface area contributed by atoms with Crippen LogP contribution in [-0.2, 0) is 9.84 Å². The fourth-order valence-corrected chi connectivity index (χ4v) is 4.10. The van der Waals surface area contributed by atoms with E-state index in [1.54, 1.807) is 0 Å². The lowest BCUT2D eigenvalue weighted by Crippen LogP contribution is -2.41. The SMILES string of the molecule is CCCS(=O)(=O)CCNC1CCCCC1CCl. The zero-order valence-electron chi connectivity index (χ0n) is 10.6. The minimum absolute atomic E-state index is 0.256. The van der Waals surface area contributed by atoms with E-state index < -0.39 is 9.84 Å². The minimum atomic E-state index is -2.85. The van der Waals surface area contributed by atoms with Crippen molar-refractivity contribution in [1.29, 1.82) is 0 Å². The molecule has 0 heterocycles. The summed E-state index contributed by atoms with van der Waals surface area (Å²) in [5.41, 5.74) is 0. The molecule has 0 spiro atoms. The quantitative estimate of drug-likeness (QED) is 0.728. The van der Waals surface area contributed by atoms with Gasteiger partial charge in [-0.3, -0.25) is 0 Å². The van der Waals surface area contributed by atoms with Crippen LogP contribution in [0.4, 0.5) is 0 Å². The highest BCUT2D eigenvalue weighted by Crippen LogP contribution is 2.25. The van der Waals surface area contributed by atoms with Crippen LogP contribution >= 0.6 is 11.6 Å². The molecule has 0 bridgehead atoms. The van der Waals surface area contributed by atoms with Crippen molar-refractivity contribution >= 4 is 21.4 Å². The number of nitrogens with one attached hydrogen (secondary N) is 1. The van der Waals surface area contributed by atoms with Crippen LogP contribution in [0.15, 0.2) is 0 Å². The molecule has 1 rings (SSSR count). The minimum Gasteiger partial charge on any atom is -0.313 e. The molecule has 2 atom stereocenters. The van der Waals surface area contributed by atoms with Gasteiger partial charge >= 0.3 is 0 Å². The smallest absolute Gasteiger partial charge is 0.151 e. The van der Waals surface area contributed by atoms with Gasteiger partial charge in [-0.25, -0.2) is 8.42 Å². The van der Waals surface area contributed by atoms with Crippen LogP contribution in [0.1, 0.15) is 39.0 Å². The van der Waals surface area contributed by atoms with Gasteiger partial charge in [0.05, 0.1) is 5.75 Å². The largest absolute Gasteiger partial charge is 0.313 e. The highest BCUT2D eigenvalue weighted by atomic mass is 35.5. The van der Waals surface area contributed by atoms with E-state index in [0.717, 1.165) is 6.42 Å². The molecule has 5 heteroatoms. The number of hydrogen-bond donors (Lipinski definition) is 1. The lowest BCUT2D eigenvalue weighted by atomic mass is 9.86. The maximum Gasteiger partial charge on any atom is 0.151 e. The maximum absolute atomic E-state index is 11.6. The van der Waals surface area contributed by atoms with Crippen molar-refractivity contribution in [2.75, 3.05) is 23.9 Å². The first-order valence-corrected chi connectivity index (χ1v) is 8.94. The molecule has 0 aromatic rings. The van der Waals surface area contributed by atoms with E-state index in [0.29, 0.717) is 36.6 Å². The van der Waals surface area contributed by atoms with Crippen molar-refractivity contribution in [3.63, 3.8) is 0 Å². The van der Waals surface area contributed by atoms with Crippen molar-refractivity contribution in [3.05, 3.63) is 0 Å². The molecule has 0 aromatic heterocycles. The van der Waals surface area contributed by atoms with Gasteiger partial charge in [-0.1, -0.05) is 19.8 Å². The Bertz CT molecular complexity index is 306. The Morgan fingerprint density at radius 3 is 2.59 bits per heavy atom. The van der Waals surface area contributed by atoms with E-state index in [9.17, 15) is 8.42 Å². The first-order chi connectivity index (χ1) is 8.09. The predicted octanol–water partition coefficient (Wildman–Crippen LogP) is 2.20. The molecule has 3 nitrogen and oxygen atoms in total. The first-order valence-electron chi connectivity index (χ1n) is 6.59. The average Bonchev–Trinajstić information content (AvgIpc) is 2.29. The Morgan fingerprint density at radius 2 is 1.94 bits per heavy atom. The fourth-order valence-electron chi connectivity index (χ4n) is 2.47. The van der Waals surface area contributed by atoms with E-state index >= 15 is 0 Å². The van der Waals surface area contributed by atoms with Crippen molar-refractivity contribution in [1.82, 2.24) is 5.32 Å². The highest BCUT2D eigenvalue weighted by molar-refractivity contribution is 7.91. The molecule has 0 amide bonds. The van der Waals surface area contributed by atoms with Crippen LogP contribution in [0.25, 0.3) is 0 Å². The van der Waals surface area contributed by atoms with E-state index in [4.69, 9.17) is 11.6 Å². The third-order valence-electron chi connectivity index (χ3n) is 3.44. The molecule has 0 aliphatic heterocycles. The van der Waals surface area contributed by atoms with Gasteiger partial charge in [-0.2, -0.15) is 0 Å². The van der Waals surface area contributed by atoms with Gasteiger partial charge in [-0.05, 0) is 25.2 Å². The Labute approximate surface area is 110 Å². The van der Waals surface area contributed by atoms with Crippen molar-refractivity contribution in [2.45, 2.75) is 45.1 Å². The Hall–Kier alpha value is 0.200. The normalized spacial score (nSPS) is 26.0. The Kier molecular flexibility index (Phi) is 6.82. The molecular formula is C12H24ClNO2S. The van der Waals surface area contributed by atoms with Crippen molar-refractivity contribution in [3.8, 4) is 0 Å². The summed E-state index contributed by atoms with van der Waals surface area (Å²) < 4.78 is 23.1. The zero-order valence-corrected chi connectivity index (χ0v) is 12.2. The van der Waals surface area contributed by atoms with Crippen LogP contribution < -0.4 is 5.32 Å². The van der Waals surface area contributed by atoms with Crippen LogP contribution in [-0.4, -0.2) is 38.4 Å². The average molecular weight is 282 g/mol. The first kappa shape index (κ1) is 15.3. The second-order valence-corrected chi connectivity index (χ2v) is 7.52. The summed E-state index contributed by atoms with van der Waals surface area (Å²) in [6.07, 6.45) is 5.49.